The van der Waals surface area contributed by atoms with Crippen LogP contribution in [0.15, 0.2) is 54.6 Å². The van der Waals surface area contributed by atoms with Crippen LogP contribution in [0.25, 0.3) is 0 Å². The highest BCUT2D eigenvalue weighted by molar-refractivity contribution is 5.75. The summed E-state index contributed by atoms with van der Waals surface area (Å²) in [6, 6.07) is 17.9. The van der Waals surface area contributed by atoms with Crippen molar-refractivity contribution in [1.82, 2.24) is 15.5 Å². The molecule has 0 spiro atoms. The minimum absolute atomic E-state index is 0.0398. The van der Waals surface area contributed by atoms with Crippen molar-refractivity contribution in [2.75, 3.05) is 20.6 Å². The lowest BCUT2D eigenvalue weighted by Crippen LogP contribution is -2.42. The van der Waals surface area contributed by atoms with Crippen molar-refractivity contribution in [2.24, 2.45) is 0 Å². The number of benzene rings is 2. The average Bonchev–Trinajstić information content (AvgIpc) is 2.55. The zero-order valence-electron chi connectivity index (χ0n) is 14.9. The molecular formula is C20H27N3O. The molecule has 0 aliphatic heterocycles. The Balaban J connectivity index is 2.04. The van der Waals surface area contributed by atoms with E-state index in [1.165, 1.54) is 5.56 Å². The lowest BCUT2D eigenvalue weighted by Gasteiger charge is -2.24. The second kappa shape index (κ2) is 8.50. The van der Waals surface area contributed by atoms with Crippen LogP contribution < -0.4 is 10.6 Å². The first kappa shape index (κ1) is 18.0. The van der Waals surface area contributed by atoms with Gasteiger partial charge in [0.15, 0.2) is 0 Å². The van der Waals surface area contributed by atoms with Gasteiger partial charge in [0.25, 0.3) is 0 Å². The lowest BCUT2D eigenvalue weighted by atomic mass is 10.0. The maximum atomic E-state index is 12.5. The average molecular weight is 325 g/mol. The quantitative estimate of drug-likeness (QED) is 0.851. The van der Waals surface area contributed by atoms with Crippen molar-refractivity contribution in [1.29, 1.82) is 0 Å². The van der Waals surface area contributed by atoms with Gasteiger partial charge in [0.05, 0.1) is 12.1 Å². The number of carbonyl (C=O) groups is 1. The molecule has 4 nitrogen and oxygen atoms in total. The Morgan fingerprint density at radius 1 is 1.00 bits per heavy atom. The van der Waals surface area contributed by atoms with Crippen LogP contribution in [0.1, 0.15) is 35.7 Å². The van der Waals surface area contributed by atoms with E-state index in [9.17, 15) is 4.79 Å². The maximum Gasteiger partial charge on any atom is 0.315 e. The number of amides is 2. The highest BCUT2D eigenvalue weighted by Gasteiger charge is 2.17. The van der Waals surface area contributed by atoms with Crippen LogP contribution in [0.2, 0.25) is 0 Å². The van der Waals surface area contributed by atoms with Gasteiger partial charge < -0.3 is 15.5 Å². The van der Waals surface area contributed by atoms with E-state index in [1.807, 2.05) is 63.5 Å². The summed E-state index contributed by atoms with van der Waals surface area (Å²) in [6.07, 6.45) is 0. The number of rotatable bonds is 6. The molecule has 0 fully saturated rings. The summed E-state index contributed by atoms with van der Waals surface area (Å²) in [5.74, 6) is 0. The van der Waals surface area contributed by atoms with Crippen LogP contribution >= 0.6 is 0 Å². The van der Waals surface area contributed by atoms with Crippen LogP contribution in [0.5, 0.6) is 0 Å². The summed E-state index contributed by atoms with van der Waals surface area (Å²) in [4.78, 5) is 14.5. The standard InChI is InChI=1S/C20H27N3O/c1-15-10-8-9-13-18(15)16(2)21-20(24)22-19(14-23(3)4)17-11-6-5-7-12-17/h5-13,16,19H,14H2,1-4H3,(H2,21,22,24). The minimum Gasteiger partial charge on any atom is -0.332 e. The zero-order valence-corrected chi connectivity index (χ0v) is 14.9. The number of nitrogens with zero attached hydrogens (tertiary/aromatic N) is 1. The van der Waals surface area contributed by atoms with Crippen molar-refractivity contribution in [3.63, 3.8) is 0 Å². The van der Waals surface area contributed by atoms with Gasteiger partial charge in [0.2, 0.25) is 0 Å². The molecule has 0 aromatic heterocycles. The summed E-state index contributed by atoms with van der Waals surface area (Å²) in [6.45, 7) is 4.81. The molecule has 2 atom stereocenters. The highest BCUT2D eigenvalue weighted by atomic mass is 16.2. The minimum atomic E-state index is -0.151. The van der Waals surface area contributed by atoms with Gasteiger partial charge in [-0.15, -0.1) is 0 Å². The Kier molecular flexibility index (Phi) is 6.38. The topological polar surface area (TPSA) is 44.4 Å². The van der Waals surface area contributed by atoms with E-state index in [-0.39, 0.29) is 18.1 Å². The van der Waals surface area contributed by atoms with Crippen LogP contribution in [0, 0.1) is 6.92 Å². The van der Waals surface area contributed by atoms with E-state index in [0.717, 1.165) is 17.7 Å². The summed E-state index contributed by atoms with van der Waals surface area (Å²) in [5, 5.41) is 6.13. The predicted molar refractivity (Wildman–Crippen MR) is 99.0 cm³/mol. The Morgan fingerprint density at radius 2 is 1.62 bits per heavy atom. The third kappa shape index (κ3) is 5.10. The molecule has 0 aliphatic carbocycles. The predicted octanol–water partition coefficient (Wildman–Crippen LogP) is 3.66. The summed E-state index contributed by atoms with van der Waals surface area (Å²) >= 11 is 0. The first-order valence-electron chi connectivity index (χ1n) is 8.29. The van der Waals surface area contributed by atoms with E-state index < -0.39 is 0 Å². The van der Waals surface area contributed by atoms with E-state index in [0.29, 0.717) is 0 Å². The van der Waals surface area contributed by atoms with Crippen LogP contribution in [-0.2, 0) is 0 Å². The van der Waals surface area contributed by atoms with Crippen molar-refractivity contribution < 1.29 is 4.79 Å². The lowest BCUT2D eigenvalue weighted by molar-refractivity contribution is 0.230. The molecule has 128 valence electrons. The SMILES string of the molecule is Cc1ccccc1C(C)NC(=O)NC(CN(C)C)c1ccccc1. The molecule has 2 aromatic carbocycles. The molecular weight excluding hydrogens is 298 g/mol. The Labute approximate surface area is 144 Å². The molecule has 2 amide bonds. The van der Waals surface area contributed by atoms with E-state index in [2.05, 4.69) is 34.6 Å². The van der Waals surface area contributed by atoms with Gasteiger partial charge in [0, 0.05) is 6.54 Å². The van der Waals surface area contributed by atoms with Crippen molar-refractivity contribution >= 4 is 6.03 Å². The smallest absolute Gasteiger partial charge is 0.315 e. The maximum absolute atomic E-state index is 12.5. The molecule has 2 aromatic rings. The molecule has 2 unspecified atom stereocenters. The Bertz CT molecular complexity index is 655. The fourth-order valence-corrected chi connectivity index (χ4v) is 2.83. The largest absolute Gasteiger partial charge is 0.332 e. The van der Waals surface area contributed by atoms with Crippen molar-refractivity contribution in [2.45, 2.75) is 25.9 Å². The molecule has 24 heavy (non-hydrogen) atoms. The molecule has 2 N–H and O–H groups in total. The third-order valence-corrected chi connectivity index (χ3v) is 4.06. The van der Waals surface area contributed by atoms with Gasteiger partial charge in [-0.1, -0.05) is 54.6 Å². The van der Waals surface area contributed by atoms with Gasteiger partial charge in [0.1, 0.15) is 0 Å². The fourth-order valence-electron chi connectivity index (χ4n) is 2.83. The summed E-state index contributed by atoms with van der Waals surface area (Å²) in [7, 11) is 4.01. The Hall–Kier alpha value is -2.33. The van der Waals surface area contributed by atoms with Crippen molar-refractivity contribution in [3.8, 4) is 0 Å². The first-order chi connectivity index (χ1) is 11.5. The number of nitrogens with one attached hydrogen (secondary N) is 2. The molecule has 0 radical (unpaired) electrons. The normalized spacial score (nSPS) is 13.4. The Morgan fingerprint density at radius 3 is 2.25 bits per heavy atom. The number of urea groups is 1. The second-order valence-corrected chi connectivity index (χ2v) is 6.42. The van der Waals surface area contributed by atoms with Gasteiger partial charge >= 0.3 is 6.03 Å². The van der Waals surface area contributed by atoms with Crippen LogP contribution in [0.4, 0.5) is 4.79 Å². The number of carbonyl (C=O) groups excluding carboxylic acids is 1. The first-order valence-corrected chi connectivity index (χ1v) is 8.29. The second-order valence-electron chi connectivity index (χ2n) is 6.42. The summed E-state index contributed by atoms with van der Waals surface area (Å²) in [5.41, 5.74) is 3.42. The van der Waals surface area contributed by atoms with Gasteiger partial charge in [-0.3, -0.25) is 0 Å². The van der Waals surface area contributed by atoms with Crippen molar-refractivity contribution in [3.05, 3.63) is 71.3 Å². The molecule has 2 rings (SSSR count). The molecule has 0 saturated heterocycles. The van der Waals surface area contributed by atoms with Gasteiger partial charge in [-0.05, 0) is 44.6 Å². The van der Waals surface area contributed by atoms with Gasteiger partial charge in [-0.2, -0.15) is 0 Å². The number of hydrogen-bond acceptors (Lipinski definition) is 2. The monoisotopic (exact) mass is 325 g/mol. The highest BCUT2D eigenvalue weighted by Crippen LogP contribution is 2.17. The molecule has 4 heteroatoms. The van der Waals surface area contributed by atoms with E-state index >= 15 is 0 Å². The third-order valence-electron chi connectivity index (χ3n) is 4.06. The van der Waals surface area contributed by atoms with Crippen LogP contribution in [-0.4, -0.2) is 31.6 Å². The fraction of sp³-hybridized carbons (Fsp3) is 0.350. The molecule has 0 heterocycles. The molecule has 0 saturated carbocycles. The number of hydrogen-bond donors (Lipinski definition) is 2. The molecule has 0 aliphatic rings. The van der Waals surface area contributed by atoms with Gasteiger partial charge in [-0.25, -0.2) is 4.79 Å². The number of aryl methyl sites for hydroxylation is 1. The van der Waals surface area contributed by atoms with E-state index in [4.69, 9.17) is 0 Å². The zero-order chi connectivity index (χ0) is 17.5. The molecule has 0 bridgehead atoms. The van der Waals surface area contributed by atoms with E-state index in [1.54, 1.807) is 0 Å². The van der Waals surface area contributed by atoms with Crippen LogP contribution in [0.3, 0.4) is 0 Å². The summed E-state index contributed by atoms with van der Waals surface area (Å²) < 4.78 is 0. The number of likely N-dealkylation sites (N-methyl/N-ethyl adjacent to an activating group) is 1.